The van der Waals surface area contributed by atoms with Gasteiger partial charge < -0.3 is 10.5 Å². The molecule has 0 spiro atoms. The van der Waals surface area contributed by atoms with Crippen LogP contribution in [0, 0.1) is 12.8 Å². The van der Waals surface area contributed by atoms with Gasteiger partial charge in [-0.05, 0) is 25.3 Å². The molecule has 17 heavy (non-hydrogen) atoms. The molecule has 2 unspecified atom stereocenters. The minimum absolute atomic E-state index is 0.128. The van der Waals surface area contributed by atoms with E-state index in [1.165, 1.54) is 24.0 Å². The predicted octanol–water partition coefficient (Wildman–Crippen LogP) is 3.58. The number of hydrogen-bond acceptors (Lipinski definition) is 2. The third-order valence-electron chi connectivity index (χ3n) is 3.71. The maximum absolute atomic E-state index is 6.26. The number of fused-ring (bicyclic) bond motifs is 1. The van der Waals surface area contributed by atoms with Crippen LogP contribution in [0.1, 0.15) is 50.3 Å². The quantitative estimate of drug-likeness (QED) is 0.866. The van der Waals surface area contributed by atoms with Crippen molar-refractivity contribution in [3.05, 3.63) is 29.3 Å². The van der Waals surface area contributed by atoms with E-state index in [0.717, 1.165) is 12.2 Å². The molecular formula is C15H23NO. The highest BCUT2D eigenvalue weighted by Gasteiger charge is 2.29. The lowest BCUT2D eigenvalue weighted by molar-refractivity contribution is 0.102. The van der Waals surface area contributed by atoms with Gasteiger partial charge in [-0.1, -0.05) is 38.0 Å². The van der Waals surface area contributed by atoms with Crippen molar-refractivity contribution >= 4 is 0 Å². The molecule has 0 bridgehead atoms. The molecule has 1 aromatic carbocycles. The van der Waals surface area contributed by atoms with Crippen LogP contribution in [0.4, 0.5) is 0 Å². The van der Waals surface area contributed by atoms with Crippen molar-refractivity contribution in [2.24, 2.45) is 11.7 Å². The van der Waals surface area contributed by atoms with E-state index in [-0.39, 0.29) is 12.1 Å². The van der Waals surface area contributed by atoms with Crippen molar-refractivity contribution in [2.75, 3.05) is 0 Å². The van der Waals surface area contributed by atoms with Gasteiger partial charge in [-0.25, -0.2) is 0 Å². The fourth-order valence-corrected chi connectivity index (χ4v) is 2.64. The maximum Gasteiger partial charge on any atom is 0.124 e. The standard InChI is InChI=1S/C15H23NO/c1-4-5-11(3)15-9-13(16)12-8-10(2)6-7-14(12)17-15/h6-8,11,13,15H,4-5,9,16H2,1-3H3/t11?,13-,15?/m0/s1. The highest BCUT2D eigenvalue weighted by Crippen LogP contribution is 2.36. The number of benzene rings is 1. The molecule has 2 heteroatoms. The molecule has 1 heterocycles. The Hall–Kier alpha value is -1.02. The van der Waals surface area contributed by atoms with Crippen LogP contribution < -0.4 is 10.5 Å². The van der Waals surface area contributed by atoms with Gasteiger partial charge in [0.15, 0.2) is 0 Å². The van der Waals surface area contributed by atoms with Crippen molar-refractivity contribution in [1.29, 1.82) is 0 Å². The van der Waals surface area contributed by atoms with E-state index in [1.54, 1.807) is 0 Å². The smallest absolute Gasteiger partial charge is 0.124 e. The van der Waals surface area contributed by atoms with E-state index in [0.29, 0.717) is 5.92 Å². The summed E-state index contributed by atoms with van der Waals surface area (Å²) in [5.74, 6) is 1.57. The Kier molecular flexibility index (Phi) is 3.72. The summed E-state index contributed by atoms with van der Waals surface area (Å²) in [7, 11) is 0. The summed E-state index contributed by atoms with van der Waals surface area (Å²) in [5.41, 5.74) is 8.68. The average molecular weight is 233 g/mol. The Labute approximate surface area is 104 Å². The molecule has 0 saturated carbocycles. The second kappa shape index (κ2) is 5.09. The van der Waals surface area contributed by atoms with Crippen molar-refractivity contribution in [3.63, 3.8) is 0 Å². The summed E-state index contributed by atoms with van der Waals surface area (Å²) >= 11 is 0. The van der Waals surface area contributed by atoms with Gasteiger partial charge in [0.05, 0.1) is 0 Å². The zero-order valence-electron chi connectivity index (χ0n) is 11.1. The summed E-state index contributed by atoms with van der Waals surface area (Å²) in [5, 5.41) is 0. The lowest BCUT2D eigenvalue weighted by Crippen LogP contribution is -2.34. The first-order valence-corrected chi connectivity index (χ1v) is 6.64. The van der Waals surface area contributed by atoms with Gasteiger partial charge >= 0.3 is 0 Å². The summed E-state index contributed by atoms with van der Waals surface area (Å²) in [4.78, 5) is 0. The van der Waals surface area contributed by atoms with Crippen LogP contribution in [-0.4, -0.2) is 6.10 Å². The van der Waals surface area contributed by atoms with Crippen LogP contribution in [0.15, 0.2) is 18.2 Å². The highest BCUT2D eigenvalue weighted by molar-refractivity contribution is 5.40. The Morgan fingerprint density at radius 3 is 2.94 bits per heavy atom. The molecule has 0 saturated heterocycles. The largest absolute Gasteiger partial charge is 0.490 e. The van der Waals surface area contributed by atoms with Crippen LogP contribution in [0.5, 0.6) is 5.75 Å². The molecule has 1 aromatic rings. The molecule has 1 aliphatic rings. The summed E-state index contributed by atoms with van der Waals surface area (Å²) in [6.45, 7) is 6.58. The van der Waals surface area contributed by atoms with Gasteiger partial charge in [0.25, 0.3) is 0 Å². The Morgan fingerprint density at radius 1 is 1.47 bits per heavy atom. The van der Waals surface area contributed by atoms with Crippen LogP contribution in [0.25, 0.3) is 0 Å². The van der Waals surface area contributed by atoms with Crippen molar-refractivity contribution in [2.45, 2.75) is 52.2 Å². The van der Waals surface area contributed by atoms with E-state index in [2.05, 4.69) is 39.0 Å². The molecule has 94 valence electrons. The van der Waals surface area contributed by atoms with Gasteiger partial charge in [-0.2, -0.15) is 0 Å². The Balaban J connectivity index is 2.18. The molecule has 0 amide bonds. The summed E-state index contributed by atoms with van der Waals surface area (Å²) < 4.78 is 6.09. The molecule has 2 rings (SSSR count). The number of hydrogen-bond donors (Lipinski definition) is 1. The molecule has 0 fully saturated rings. The van der Waals surface area contributed by atoms with Crippen LogP contribution in [0.3, 0.4) is 0 Å². The molecule has 3 atom stereocenters. The fourth-order valence-electron chi connectivity index (χ4n) is 2.64. The predicted molar refractivity (Wildman–Crippen MR) is 71.2 cm³/mol. The fraction of sp³-hybridized carbons (Fsp3) is 0.600. The first kappa shape index (κ1) is 12.4. The number of aryl methyl sites for hydroxylation is 1. The number of nitrogens with two attached hydrogens (primary N) is 1. The van der Waals surface area contributed by atoms with Gasteiger partial charge in [0.1, 0.15) is 11.9 Å². The van der Waals surface area contributed by atoms with E-state index >= 15 is 0 Å². The van der Waals surface area contributed by atoms with Gasteiger partial charge in [0, 0.05) is 18.0 Å². The third kappa shape index (κ3) is 2.63. The van der Waals surface area contributed by atoms with E-state index in [1.807, 2.05) is 0 Å². The van der Waals surface area contributed by atoms with Gasteiger partial charge in [-0.3, -0.25) is 0 Å². The van der Waals surface area contributed by atoms with Crippen molar-refractivity contribution in [1.82, 2.24) is 0 Å². The molecule has 0 radical (unpaired) electrons. The number of rotatable bonds is 3. The molecule has 2 nitrogen and oxygen atoms in total. The zero-order valence-corrected chi connectivity index (χ0v) is 11.1. The molecular weight excluding hydrogens is 210 g/mol. The normalized spacial score (nSPS) is 24.9. The van der Waals surface area contributed by atoms with Gasteiger partial charge in [-0.15, -0.1) is 0 Å². The summed E-state index contributed by atoms with van der Waals surface area (Å²) in [6, 6.07) is 6.44. The third-order valence-corrected chi connectivity index (χ3v) is 3.71. The lowest BCUT2D eigenvalue weighted by atomic mass is 9.88. The van der Waals surface area contributed by atoms with E-state index in [4.69, 9.17) is 10.5 Å². The van der Waals surface area contributed by atoms with Crippen LogP contribution >= 0.6 is 0 Å². The molecule has 0 aromatic heterocycles. The maximum atomic E-state index is 6.26. The minimum atomic E-state index is 0.128. The molecule has 1 aliphatic heterocycles. The average Bonchev–Trinajstić information content (AvgIpc) is 2.30. The Bertz CT molecular complexity index is 389. The van der Waals surface area contributed by atoms with Crippen molar-refractivity contribution in [3.8, 4) is 5.75 Å². The second-order valence-corrected chi connectivity index (χ2v) is 5.31. The summed E-state index contributed by atoms with van der Waals surface area (Å²) in [6.07, 6.45) is 3.63. The topological polar surface area (TPSA) is 35.2 Å². The van der Waals surface area contributed by atoms with Crippen molar-refractivity contribution < 1.29 is 4.74 Å². The van der Waals surface area contributed by atoms with Crippen LogP contribution in [0.2, 0.25) is 0 Å². The molecule has 2 N–H and O–H groups in total. The SMILES string of the molecule is CCCC(C)C1C[C@H](N)c2cc(C)ccc2O1. The Morgan fingerprint density at radius 2 is 2.24 bits per heavy atom. The first-order valence-electron chi connectivity index (χ1n) is 6.64. The highest BCUT2D eigenvalue weighted by atomic mass is 16.5. The van der Waals surface area contributed by atoms with E-state index < -0.39 is 0 Å². The monoisotopic (exact) mass is 233 g/mol. The lowest BCUT2D eigenvalue weighted by Gasteiger charge is -2.34. The zero-order chi connectivity index (χ0) is 12.4. The van der Waals surface area contributed by atoms with Crippen LogP contribution in [-0.2, 0) is 0 Å². The number of ether oxygens (including phenoxy) is 1. The molecule has 0 aliphatic carbocycles. The van der Waals surface area contributed by atoms with E-state index in [9.17, 15) is 0 Å². The minimum Gasteiger partial charge on any atom is -0.490 e. The van der Waals surface area contributed by atoms with Gasteiger partial charge in [0.2, 0.25) is 0 Å². The second-order valence-electron chi connectivity index (χ2n) is 5.31. The first-order chi connectivity index (χ1) is 8.11.